The van der Waals surface area contributed by atoms with Gasteiger partial charge in [0.25, 0.3) is 5.91 Å². The molecule has 1 atom stereocenters. The van der Waals surface area contributed by atoms with Crippen molar-refractivity contribution in [2.45, 2.75) is 33.4 Å². The second-order valence-corrected chi connectivity index (χ2v) is 7.04. The maximum Gasteiger partial charge on any atom is 0.251 e. The van der Waals surface area contributed by atoms with Crippen molar-refractivity contribution in [1.82, 2.24) is 20.2 Å². The van der Waals surface area contributed by atoms with E-state index in [0.717, 1.165) is 30.1 Å². The largest absolute Gasteiger partial charge is 0.468 e. The molecule has 0 saturated heterocycles. The van der Waals surface area contributed by atoms with Gasteiger partial charge in [-0.15, -0.1) is 0 Å². The Bertz CT molecular complexity index is 938. The first kappa shape index (κ1) is 21.5. The topological polar surface area (TPSA) is 83.3 Å². The van der Waals surface area contributed by atoms with Crippen molar-refractivity contribution < 1.29 is 9.21 Å². The van der Waals surface area contributed by atoms with Crippen LogP contribution in [0.2, 0.25) is 0 Å². The first-order valence-corrected chi connectivity index (χ1v) is 10.3. The number of nitrogens with one attached hydrogen (secondary N) is 2. The summed E-state index contributed by atoms with van der Waals surface area (Å²) in [4.78, 5) is 23.6. The molecule has 0 radical (unpaired) electrons. The lowest BCUT2D eigenvalue weighted by molar-refractivity contribution is 0.0929. The molecule has 1 amide bonds. The number of nitrogens with zero attached hydrogens (tertiary/aromatic N) is 3. The highest BCUT2D eigenvalue weighted by Crippen LogP contribution is 2.20. The van der Waals surface area contributed by atoms with E-state index in [9.17, 15) is 4.79 Å². The zero-order chi connectivity index (χ0) is 21.3. The molecule has 1 aromatic carbocycles. The van der Waals surface area contributed by atoms with Gasteiger partial charge in [0.15, 0.2) is 0 Å². The normalized spacial score (nSPS) is 12.0. The molecule has 2 aromatic heterocycles. The summed E-state index contributed by atoms with van der Waals surface area (Å²) >= 11 is 0. The second kappa shape index (κ2) is 10.5. The van der Waals surface area contributed by atoms with Crippen molar-refractivity contribution in [3.63, 3.8) is 0 Å². The van der Waals surface area contributed by atoms with Crippen molar-refractivity contribution >= 4 is 11.9 Å². The monoisotopic (exact) mass is 407 g/mol. The second-order valence-electron chi connectivity index (χ2n) is 7.04. The van der Waals surface area contributed by atoms with Gasteiger partial charge in [-0.1, -0.05) is 26.0 Å². The van der Waals surface area contributed by atoms with Gasteiger partial charge in [0, 0.05) is 30.5 Å². The molecule has 30 heavy (non-hydrogen) atoms. The fourth-order valence-electron chi connectivity index (χ4n) is 3.38. The van der Waals surface area contributed by atoms with Crippen LogP contribution in [0, 0.1) is 6.92 Å². The predicted octanol–water partition coefficient (Wildman–Crippen LogP) is 3.80. The summed E-state index contributed by atoms with van der Waals surface area (Å²) in [5.41, 5.74) is 2.51. The summed E-state index contributed by atoms with van der Waals surface area (Å²) in [7, 11) is 0. The van der Waals surface area contributed by atoms with Gasteiger partial charge >= 0.3 is 0 Å². The van der Waals surface area contributed by atoms with E-state index in [1.807, 2.05) is 49.4 Å². The van der Waals surface area contributed by atoms with Crippen LogP contribution in [0.15, 0.2) is 59.3 Å². The first-order valence-electron chi connectivity index (χ1n) is 10.3. The summed E-state index contributed by atoms with van der Waals surface area (Å²) in [6, 6.07) is 13.3. The Morgan fingerprint density at radius 3 is 2.70 bits per heavy atom. The molecule has 0 aliphatic heterocycles. The number of rotatable bonds is 10. The average Bonchev–Trinajstić information content (AvgIpc) is 3.30. The van der Waals surface area contributed by atoms with Crippen LogP contribution in [0.25, 0.3) is 0 Å². The lowest BCUT2D eigenvalue weighted by Gasteiger charge is -2.28. The molecule has 2 N–H and O–H groups in total. The number of hydrogen-bond donors (Lipinski definition) is 2. The number of amides is 1. The summed E-state index contributed by atoms with van der Waals surface area (Å²) in [6.45, 7) is 8.91. The van der Waals surface area contributed by atoms with Crippen LogP contribution in [-0.2, 0) is 6.54 Å². The van der Waals surface area contributed by atoms with Crippen molar-refractivity contribution in [3.8, 4) is 0 Å². The van der Waals surface area contributed by atoms with Gasteiger partial charge in [0.2, 0.25) is 5.95 Å². The fourth-order valence-corrected chi connectivity index (χ4v) is 3.38. The molecule has 7 heteroatoms. The maximum absolute atomic E-state index is 12.8. The SMILES string of the molecule is CCN(CC)[C@@H](CNC(=O)c1cccc(CNc2nccc(C)n2)c1)c1ccco1. The summed E-state index contributed by atoms with van der Waals surface area (Å²) in [5, 5.41) is 6.25. The Morgan fingerprint density at radius 2 is 2.00 bits per heavy atom. The molecule has 0 bridgehead atoms. The van der Waals surface area contributed by atoms with Crippen molar-refractivity contribution in [3.05, 3.63) is 77.5 Å². The van der Waals surface area contributed by atoms with E-state index < -0.39 is 0 Å². The summed E-state index contributed by atoms with van der Waals surface area (Å²) in [6.07, 6.45) is 3.39. The molecule has 2 heterocycles. The van der Waals surface area contributed by atoms with Crippen molar-refractivity contribution in [2.24, 2.45) is 0 Å². The van der Waals surface area contributed by atoms with Crippen LogP contribution < -0.4 is 10.6 Å². The van der Waals surface area contributed by atoms with Crippen molar-refractivity contribution in [2.75, 3.05) is 25.0 Å². The molecule has 7 nitrogen and oxygen atoms in total. The molecular weight excluding hydrogens is 378 g/mol. The van der Waals surface area contributed by atoms with Crippen LogP contribution in [0.5, 0.6) is 0 Å². The van der Waals surface area contributed by atoms with E-state index in [2.05, 4.69) is 39.3 Å². The maximum atomic E-state index is 12.8. The molecule has 0 aliphatic rings. The van der Waals surface area contributed by atoms with E-state index in [1.165, 1.54) is 0 Å². The number of anilines is 1. The number of likely N-dealkylation sites (N-methyl/N-ethyl adjacent to an activating group) is 1. The number of benzene rings is 1. The number of carbonyl (C=O) groups is 1. The number of furan rings is 1. The fraction of sp³-hybridized carbons (Fsp3) is 0.348. The van der Waals surface area contributed by atoms with Gasteiger partial charge in [-0.05, 0) is 55.9 Å². The number of aryl methyl sites for hydroxylation is 1. The van der Waals surface area contributed by atoms with E-state index in [1.54, 1.807) is 12.5 Å². The number of hydrogen-bond acceptors (Lipinski definition) is 6. The Hall–Kier alpha value is -3.19. The summed E-state index contributed by atoms with van der Waals surface area (Å²) < 4.78 is 5.61. The Kier molecular flexibility index (Phi) is 7.57. The Labute approximate surface area is 177 Å². The van der Waals surface area contributed by atoms with Crippen molar-refractivity contribution in [1.29, 1.82) is 0 Å². The molecule has 0 spiro atoms. The van der Waals surface area contributed by atoms with Crippen LogP contribution in [-0.4, -0.2) is 40.4 Å². The third-order valence-electron chi connectivity index (χ3n) is 5.02. The minimum absolute atomic E-state index is 0.00210. The minimum atomic E-state index is -0.104. The smallest absolute Gasteiger partial charge is 0.251 e. The zero-order valence-corrected chi connectivity index (χ0v) is 17.8. The highest BCUT2D eigenvalue weighted by molar-refractivity contribution is 5.94. The van der Waals surface area contributed by atoms with E-state index in [0.29, 0.717) is 24.6 Å². The van der Waals surface area contributed by atoms with Crippen LogP contribution in [0.4, 0.5) is 5.95 Å². The molecule has 3 rings (SSSR count). The van der Waals surface area contributed by atoms with Crippen LogP contribution in [0.3, 0.4) is 0 Å². The third-order valence-corrected chi connectivity index (χ3v) is 5.02. The van der Waals surface area contributed by atoms with Gasteiger partial charge in [0.1, 0.15) is 5.76 Å². The van der Waals surface area contributed by atoms with Crippen LogP contribution >= 0.6 is 0 Å². The van der Waals surface area contributed by atoms with Gasteiger partial charge in [-0.25, -0.2) is 9.97 Å². The molecule has 0 unspecified atom stereocenters. The standard InChI is InChI=1S/C23H29N5O2/c1-4-28(5-2)20(21-10-7-13-30-21)16-25-22(29)19-9-6-8-18(14-19)15-26-23-24-12-11-17(3)27-23/h6-14,20H,4-5,15-16H2,1-3H3,(H,25,29)(H,24,26,27)/t20-/m0/s1. The van der Waals surface area contributed by atoms with E-state index >= 15 is 0 Å². The molecule has 0 saturated carbocycles. The highest BCUT2D eigenvalue weighted by atomic mass is 16.3. The van der Waals surface area contributed by atoms with Gasteiger partial charge < -0.3 is 15.1 Å². The number of aromatic nitrogens is 2. The lowest BCUT2D eigenvalue weighted by atomic mass is 10.1. The minimum Gasteiger partial charge on any atom is -0.468 e. The Morgan fingerprint density at radius 1 is 1.17 bits per heavy atom. The Balaban J connectivity index is 1.62. The van der Waals surface area contributed by atoms with Crippen LogP contribution in [0.1, 0.15) is 47.3 Å². The molecule has 0 aliphatic carbocycles. The van der Waals surface area contributed by atoms with Gasteiger partial charge in [0.05, 0.1) is 12.3 Å². The zero-order valence-electron chi connectivity index (χ0n) is 17.8. The van der Waals surface area contributed by atoms with Gasteiger partial charge in [-0.2, -0.15) is 0 Å². The lowest BCUT2D eigenvalue weighted by Crippen LogP contribution is -2.38. The van der Waals surface area contributed by atoms with E-state index in [-0.39, 0.29) is 11.9 Å². The molecular formula is C23H29N5O2. The number of carbonyl (C=O) groups excluding carboxylic acids is 1. The first-order chi connectivity index (χ1) is 14.6. The third kappa shape index (κ3) is 5.67. The average molecular weight is 408 g/mol. The molecule has 158 valence electrons. The molecule has 3 aromatic rings. The van der Waals surface area contributed by atoms with Gasteiger partial charge in [-0.3, -0.25) is 9.69 Å². The summed E-state index contributed by atoms with van der Waals surface area (Å²) in [5.74, 6) is 1.33. The van der Waals surface area contributed by atoms with E-state index in [4.69, 9.17) is 4.42 Å². The highest BCUT2D eigenvalue weighted by Gasteiger charge is 2.21. The molecule has 0 fully saturated rings. The predicted molar refractivity (Wildman–Crippen MR) is 117 cm³/mol. The quantitative estimate of drug-likeness (QED) is 0.532.